The maximum atomic E-state index is 12.6. The summed E-state index contributed by atoms with van der Waals surface area (Å²) in [6, 6.07) is 3.21. The molecule has 1 amide bonds. The Labute approximate surface area is 129 Å². The largest absolute Gasteiger partial charge is 0.490 e. The lowest BCUT2D eigenvalue weighted by molar-refractivity contribution is -0.132. The van der Waals surface area contributed by atoms with Crippen LogP contribution in [0.15, 0.2) is 12.1 Å². The van der Waals surface area contributed by atoms with Gasteiger partial charge in [-0.15, -0.1) is 0 Å². The van der Waals surface area contributed by atoms with Gasteiger partial charge in [-0.3, -0.25) is 9.59 Å². The predicted molar refractivity (Wildman–Crippen MR) is 81.8 cm³/mol. The summed E-state index contributed by atoms with van der Waals surface area (Å²) in [6.07, 6.45) is 1.15. The van der Waals surface area contributed by atoms with E-state index in [-0.39, 0.29) is 12.5 Å². The van der Waals surface area contributed by atoms with Crippen molar-refractivity contribution in [3.8, 4) is 11.5 Å². The number of fused-ring (bicyclic) bond motifs is 1. The van der Waals surface area contributed by atoms with Gasteiger partial charge in [0.05, 0.1) is 12.3 Å². The number of hydrogen-bond donors (Lipinski definition) is 1. The number of aliphatic hydroxyl groups is 1. The summed E-state index contributed by atoms with van der Waals surface area (Å²) in [5.41, 5.74) is -0.116. The van der Waals surface area contributed by atoms with Gasteiger partial charge in [-0.2, -0.15) is 0 Å². The van der Waals surface area contributed by atoms with E-state index >= 15 is 0 Å². The highest BCUT2D eigenvalue weighted by atomic mass is 16.5. The molecule has 1 aromatic carbocycles. The Morgan fingerprint density at radius 1 is 1.41 bits per heavy atom. The topological polar surface area (TPSA) is 76.1 Å². The first-order valence-electron chi connectivity index (χ1n) is 7.32. The molecular weight excluding hydrogens is 286 g/mol. The second-order valence-electron chi connectivity index (χ2n) is 5.56. The highest BCUT2D eigenvalue weighted by molar-refractivity contribution is 6.03. The van der Waals surface area contributed by atoms with Crippen LogP contribution in [0.5, 0.6) is 11.5 Å². The first-order chi connectivity index (χ1) is 10.4. The van der Waals surface area contributed by atoms with Crippen molar-refractivity contribution in [3.05, 3.63) is 17.7 Å². The van der Waals surface area contributed by atoms with Crippen molar-refractivity contribution in [3.63, 3.8) is 0 Å². The van der Waals surface area contributed by atoms with Crippen molar-refractivity contribution < 1.29 is 24.2 Å². The number of amides is 1. The van der Waals surface area contributed by atoms with Crippen LogP contribution < -0.4 is 14.4 Å². The Balaban J connectivity index is 2.58. The van der Waals surface area contributed by atoms with Gasteiger partial charge in [-0.05, 0) is 39.3 Å². The summed E-state index contributed by atoms with van der Waals surface area (Å²) in [7, 11) is 0. The summed E-state index contributed by atoms with van der Waals surface area (Å²) in [6.45, 7) is 5.96. The number of ether oxygens (including phenoxy) is 2. The molecule has 0 aliphatic carbocycles. The second-order valence-corrected chi connectivity index (χ2v) is 5.56. The minimum atomic E-state index is -1.03. The molecule has 0 bridgehead atoms. The standard InChI is InChI=1S/C16H21NO5/c1-4-21-13-9-11(10-19)8-12-14(13)22-16(2,3)15(20)17(12)6-5-7-18/h8-10,18H,4-7H2,1-3H3. The molecule has 0 spiro atoms. The lowest BCUT2D eigenvalue weighted by atomic mass is 10.0. The van der Waals surface area contributed by atoms with Gasteiger partial charge in [-0.1, -0.05) is 0 Å². The molecule has 2 rings (SSSR count). The van der Waals surface area contributed by atoms with Crippen LogP contribution in [0.3, 0.4) is 0 Å². The molecule has 120 valence electrons. The molecule has 6 nitrogen and oxygen atoms in total. The van der Waals surface area contributed by atoms with E-state index < -0.39 is 5.60 Å². The number of aliphatic hydroxyl groups excluding tert-OH is 1. The Morgan fingerprint density at radius 2 is 2.14 bits per heavy atom. The van der Waals surface area contributed by atoms with Crippen molar-refractivity contribution in [2.24, 2.45) is 0 Å². The Morgan fingerprint density at radius 3 is 2.73 bits per heavy atom. The number of anilines is 1. The fourth-order valence-electron chi connectivity index (χ4n) is 2.43. The highest BCUT2D eigenvalue weighted by Crippen LogP contribution is 2.45. The first kappa shape index (κ1) is 16.3. The average Bonchev–Trinajstić information content (AvgIpc) is 2.48. The zero-order valence-electron chi connectivity index (χ0n) is 13.1. The van der Waals surface area contributed by atoms with E-state index in [0.717, 1.165) is 0 Å². The SMILES string of the molecule is CCOc1cc(C=O)cc2c1OC(C)(C)C(=O)N2CCCO. The molecule has 1 aliphatic heterocycles. The van der Waals surface area contributed by atoms with Crippen LogP contribution in [0.25, 0.3) is 0 Å². The number of rotatable bonds is 6. The average molecular weight is 307 g/mol. The maximum absolute atomic E-state index is 12.6. The normalized spacial score (nSPS) is 16.0. The molecule has 1 aliphatic rings. The third-order valence-corrected chi connectivity index (χ3v) is 3.44. The number of nitrogens with zero attached hydrogens (tertiary/aromatic N) is 1. The van der Waals surface area contributed by atoms with Gasteiger partial charge in [0.1, 0.15) is 6.29 Å². The summed E-state index contributed by atoms with van der Waals surface area (Å²) >= 11 is 0. The van der Waals surface area contributed by atoms with Gasteiger partial charge in [0.15, 0.2) is 17.1 Å². The molecule has 0 fully saturated rings. The van der Waals surface area contributed by atoms with E-state index in [9.17, 15) is 9.59 Å². The molecule has 0 atom stereocenters. The third kappa shape index (κ3) is 2.92. The number of hydrogen-bond acceptors (Lipinski definition) is 5. The quantitative estimate of drug-likeness (QED) is 0.811. The van der Waals surface area contributed by atoms with Gasteiger partial charge in [0.25, 0.3) is 5.91 Å². The molecule has 1 aromatic rings. The monoisotopic (exact) mass is 307 g/mol. The minimum absolute atomic E-state index is 0.0217. The molecule has 0 saturated carbocycles. The minimum Gasteiger partial charge on any atom is -0.490 e. The van der Waals surface area contributed by atoms with E-state index in [0.29, 0.717) is 48.6 Å². The van der Waals surface area contributed by atoms with Crippen LogP contribution >= 0.6 is 0 Å². The first-order valence-corrected chi connectivity index (χ1v) is 7.32. The molecule has 1 heterocycles. The van der Waals surface area contributed by atoms with Gasteiger partial charge in [-0.25, -0.2) is 0 Å². The zero-order valence-corrected chi connectivity index (χ0v) is 13.1. The summed E-state index contributed by atoms with van der Waals surface area (Å²) in [4.78, 5) is 25.3. The molecular formula is C16H21NO5. The van der Waals surface area contributed by atoms with Crippen molar-refractivity contribution >= 4 is 17.9 Å². The Bertz CT molecular complexity index is 582. The molecule has 0 unspecified atom stereocenters. The van der Waals surface area contributed by atoms with Crippen LogP contribution in [0, 0.1) is 0 Å². The predicted octanol–water partition coefficient (Wildman–Crippen LogP) is 1.78. The third-order valence-electron chi connectivity index (χ3n) is 3.44. The lowest BCUT2D eigenvalue weighted by Gasteiger charge is -2.39. The van der Waals surface area contributed by atoms with E-state index in [4.69, 9.17) is 14.6 Å². The number of benzene rings is 1. The number of aldehydes is 1. The van der Waals surface area contributed by atoms with Crippen LogP contribution in [0.4, 0.5) is 5.69 Å². The number of carbonyl (C=O) groups is 2. The molecule has 0 aromatic heterocycles. The summed E-state index contributed by atoms with van der Waals surface area (Å²) < 4.78 is 11.4. The molecule has 0 saturated heterocycles. The van der Waals surface area contributed by atoms with Crippen molar-refractivity contribution in [2.75, 3.05) is 24.7 Å². The molecule has 6 heteroatoms. The molecule has 1 N–H and O–H groups in total. The smallest absolute Gasteiger partial charge is 0.270 e. The Kier molecular flexibility index (Phi) is 4.71. The zero-order chi connectivity index (χ0) is 16.3. The van der Waals surface area contributed by atoms with Crippen LogP contribution in [0.1, 0.15) is 37.6 Å². The van der Waals surface area contributed by atoms with Crippen molar-refractivity contribution in [2.45, 2.75) is 32.8 Å². The Hall–Kier alpha value is -2.08. The maximum Gasteiger partial charge on any atom is 0.270 e. The molecule has 0 radical (unpaired) electrons. The highest BCUT2D eigenvalue weighted by Gasteiger charge is 2.42. The second kappa shape index (κ2) is 6.36. The van der Waals surface area contributed by atoms with E-state index in [1.165, 1.54) is 0 Å². The summed E-state index contributed by atoms with van der Waals surface area (Å²) in [5.74, 6) is 0.686. The van der Waals surface area contributed by atoms with E-state index in [1.807, 2.05) is 6.92 Å². The fraction of sp³-hybridized carbons (Fsp3) is 0.500. The van der Waals surface area contributed by atoms with Gasteiger partial charge >= 0.3 is 0 Å². The van der Waals surface area contributed by atoms with Gasteiger partial charge in [0.2, 0.25) is 0 Å². The van der Waals surface area contributed by atoms with E-state index in [1.54, 1.807) is 30.9 Å². The van der Waals surface area contributed by atoms with Crippen molar-refractivity contribution in [1.82, 2.24) is 0 Å². The van der Waals surface area contributed by atoms with Crippen LogP contribution in [-0.4, -0.2) is 42.7 Å². The van der Waals surface area contributed by atoms with Gasteiger partial charge < -0.3 is 19.5 Å². The number of carbonyl (C=O) groups excluding carboxylic acids is 2. The lowest BCUT2D eigenvalue weighted by Crippen LogP contribution is -2.53. The molecule has 22 heavy (non-hydrogen) atoms. The van der Waals surface area contributed by atoms with Crippen LogP contribution in [0.2, 0.25) is 0 Å². The van der Waals surface area contributed by atoms with Crippen LogP contribution in [-0.2, 0) is 4.79 Å². The fourth-order valence-corrected chi connectivity index (χ4v) is 2.43. The van der Waals surface area contributed by atoms with Gasteiger partial charge in [0, 0.05) is 18.7 Å². The summed E-state index contributed by atoms with van der Waals surface area (Å²) in [5, 5.41) is 9.05. The van der Waals surface area contributed by atoms with E-state index in [2.05, 4.69) is 0 Å². The van der Waals surface area contributed by atoms with Crippen molar-refractivity contribution in [1.29, 1.82) is 0 Å².